The molecule has 0 bridgehead atoms. The number of rotatable bonds is 5. The van der Waals surface area contributed by atoms with Crippen LogP contribution < -0.4 is 0 Å². The van der Waals surface area contributed by atoms with Crippen LogP contribution in [0.2, 0.25) is 0 Å². The van der Waals surface area contributed by atoms with Crippen molar-refractivity contribution in [2.75, 3.05) is 0 Å². The lowest BCUT2D eigenvalue weighted by molar-refractivity contribution is 0.443. The Hall–Kier alpha value is -2.60. The van der Waals surface area contributed by atoms with Crippen LogP contribution in [0.25, 0.3) is 11.1 Å². The molecule has 0 heterocycles. The number of allylic oxidation sites excluding steroid dienone is 6. The topological polar surface area (TPSA) is 0 Å². The van der Waals surface area contributed by atoms with Gasteiger partial charge in [0.15, 0.2) is 0 Å². The van der Waals surface area contributed by atoms with E-state index in [4.69, 9.17) is 0 Å². The van der Waals surface area contributed by atoms with Gasteiger partial charge in [0.25, 0.3) is 0 Å². The number of benzene rings is 2. The molecule has 2 aromatic carbocycles. The zero-order chi connectivity index (χ0) is 21.9. The fourth-order valence-corrected chi connectivity index (χ4v) is 3.80. The molecule has 0 amide bonds. The molecule has 0 unspecified atom stereocenters. The molecular formula is C30H38. The van der Waals surface area contributed by atoms with Gasteiger partial charge < -0.3 is 0 Å². The summed E-state index contributed by atoms with van der Waals surface area (Å²) < 4.78 is 0. The van der Waals surface area contributed by atoms with Gasteiger partial charge in [-0.2, -0.15) is 0 Å². The Morgan fingerprint density at radius 1 is 0.833 bits per heavy atom. The molecule has 0 atom stereocenters. The number of hydrogen-bond acceptors (Lipinski definition) is 0. The Morgan fingerprint density at radius 3 is 1.93 bits per heavy atom. The molecule has 0 saturated heterocycles. The molecule has 0 N–H and O–H groups in total. The summed E-state index contributed by atoms with van der Waals surface area (Å²) in [5.74, 6) is 0.856. The minimum absolute atomic E-state index is 0.856. The highest BCUT2D eigenvalue weighted by molar-refractivity contribution is 5.78. The number of aryl methyl sites for hydroxylation is 1. The van der Waals surface area contributed by atoms with E-state index in [1.165, 1.54) is 48.8 Å². The second-order valence-corrected chi connectivity index (χ2v) is 8.46. The fourth-order valence-electron chi connectivity index (χ4n) is 3.80. The zero-order valence-corrected chi connectivity index (χ0v) is 19.4. The van der Waals surface area contributed by atoms with Crippen LogP contribution in [0, 0.1) is 6.92 Å². The predicted molar refractivity (Wildman–Crippen MR) is 136 cm³/mol. The van der Waals surface area contributed by atoms with Gasteiger partial charge in [0.1, 0.15) is 0 Å². The Kier molecular flexibility index (Phi) is 9.61. The van der Waals surface area contributed by atoms with Crippen LogP contribution in [0.5, 0.6) is 0 Å². The Labute approximate surface area is 184 Å². The maximum Gasteiger partial charge on any atom is -0.0162 e. The van der Waals surface area contributed by atoms with E-state index in [1.807, 2.05) is 26.0 Å². The summed E-state index contributed by atoms with van der Waals surface area (Å²) >= 11 is 0. The third-order valence-electron chi connectivity index (χ3n) is 5.89. The van der Waals surface area contributed by atoms with E-state index in [2.05, 4.69) is 81.6 Å². The van der Waals surface area contributed by atoms with Gasteiger partial charge in [-0.15, -0.1) is 0 Å². The molecular weight excluding hydrogens is 360 g/mol. The average Bonchev–Trinajstić information content (AvgIpc) is 2.78. The van der Waals surface area contributed by atoms with Crippen LogP contribution in [-0.4, -0.2) is 0 Å². The largest absolute Gasteiger partial charge is 0.0955 e. The van der Waals surface area contributed by atoms with Crippen molar-refractivity contribution in [1.29, 1.82) is 0 Å². The highest BCUT2D eigenvalue weighted by Gasteiger charge is 2.14. The van der Waals surface area contributed by atoms with Crippen molar-refractivity contribution in [1.82, 2.24) is 0 Å². The Bertz CT molecular complexity index is 867. The highest BCUT2D eigenvalue weighted by atomic mass is 14.2. The maximum absolute atomic E-state index is 4.13. The van der Waals surface area contributed by atoms with E-state index in [0.717, 1.165) is 22.6 Å². The number of hydrogen-bond donors (Lipinski definition) is 0. The molecule has 1 aliphatic rings. The standard InChI is InChI=1S/C17H20.C13H18/c1-6-7-8-14(4)15(5)17-11-9-16(10-12-17)13(2)3;1-11-7-9-13(10-8-11)12-5-3-2-4-6-12/h6-12H,2,5H2,1,3-4H3;7-10,12H,2-6H2,1H3/b7-6-,14-8-;. The molecule has 1 fully saturated rings. The van der Waals surface area contributed by atoms with Crippen molar-refractivity contribution < 1.29 is 0 Å². The predicted octanol–water partition coefficient (Wildman–Crippen LogP) is 9.30. The van der Waals surface area contributed by atoms with Gasteiger partial charge in [0, 0.05) is 0 Å². The van der Waals surface area contributed by atoms with Crippen molar-refractivity contribution in [2.45, 2.75) is 65.7 Å². The van der Waals surface area contributed by atoms with Gasteiger partial charge in [-0.3, -0.25) is 0 Å². The van der Waals surface area contributed by atoms with Crippen molar-refractivity contribution in [3.8, 4) is 0 Å². The molecule has 30 heavy (non-hydrogen) atoms. The molecule has 0 heteroatoms. The van der Waals surface area contributed by atoms with E-state index in [1.54, 1.807) is 5.56 Å². The normalized spacial score (nSPS) is 14.9. The molecule has 0 aliphatic heterocycles. The van der Waals surface area contributed by atoms with Crippen molar-refractivity contribution in [3.63, 3.8) is 0 Å². The van der Waals surface area contributed by atoms with Gasteiger partial charge in [-0.1, -0.05) is 110 Å². The summed E-state index contributed by atoms with van der Waals surface area (Å²) in [7, 11) is 0. The summed E-state index contributed by atoms with van der Waals surface area (Å²) in [4.78, 5) is 0. The van der Waals surface area contributed by atoms with Crippen LogP contribution in [0.4, 0.5) is 0 Å². The molecule has 0 nitrogen and oxygen atoms in total. The molecule has 2 aromatic rings. The van der Waals surface area contributed by atoms with Gasteiger partial charge in [0.05, 0.1) is 0 Å². The zero-order valence-electron chi connectivity index (χ0n) is 19.4. The van der Waals surface area contributed by atoms with Crippen LogP contribution >= 0.6 is 0 Å². The molecule has 1 saturated carbocycles. The Balaban J connectivity index is 0.000000220. The minimum Gasteiger partial charge on any atom is -0.0955 e. The third-order valence-corrected chi connectivity index (χ3v) is 5.89. The second-order valence-electron chi connectivity index (χ2n) is 8.46. The Morgan fingerprint density at radius 2 is 1.40 bits per heavy atom. The lowest BCUT2D eigenvalue weighted by Gasteiger charge is -2.21. The molecule has 158 valence electrons. The molecule has 3 rings (SSSR count). The summed E-state index contributed by atoms with van der Waals surface area (Å²) in [5, 5.41) is 0. The molecule has 1 aliphatic carbocycles. The first kappa shape index (κ1) is 23.7. The first-order valence-electron chi connectivity index (χ1n) is 11.2. The van der Waals surface area contributed by atoms with Gasteiger partial charge in [0.2, 0.25) is 0 Å². The van der Waals surface area contributed by atoms with Crippen LogP contribution in [0.15, 0.2) is 85.5 Å². The van der Waals surface area contributed by atoms with E-state index in [9.17, 15) is 0 Å². The second kappa shape index (κ2) is 12.2. The third kappa shape index (κ3) is 7.34. The average molecular weight is 399 g/mol. The van der Waals surface area contributed by atoms with Gasteiger partial charge in [-0.05, 0) is 74.3 Å². The lowest BCUT2D eigenvalue weighted by Crippen LogP contribution is -2.04. The molecule has 0 spiro atoms. The van der Waals surface area contributed by atoms with Crippen molar-refractivity contribution in [3.05, 3.63) is 108 Å². The lowest BCUT2D eigenvalue weighted by atomic mass is 9.84. The summed E-state index contributed by atoms with van der Waals surface area (Å²) in [6.07, 6.45) is 13.2. The van der Waals surface area contributed by atoms with E-state index in [0.29, 0.717) is 0 Å². The summed E-state index contributed by atoms with van der Waals surface area (Å²) in [5.41, 5.74) is 8.61. The van der Waals surface area contributed by atoms with Crippen LogP contribution in [-0.2, 0) is 0 Å². The first-order valence-corrected chi connectivity index (χ1v) is 11.2. The maximum atomic E-state index is 4.13. The summed E-state index contributed by atoms with van der Waals surface area (Å²) in [6, 6.07) is 17.5. The van der Waals surface area contributed by atoms with Crippen molar-refractivity contribution >= 4 is 11.1 Å². The smallest absolute Gasteiger partial charge is 0.0162 e. The molecule has 0 radical (unpaired) electrons. The monoisotopic (exact) mass is 398 g/mol. The fraction of sp³-hybridized carbons (Fsp3) is 0.333. The summed E-state index contributed by atoms with van der Waals surface area (Å²) in [6.45, 7) is 16.3. The highest BCUT2D eigenvalue weighted by Crippen LogP contribution is 2.32. The van der Waals surface area contributed by atoms with E-state index < -0.39 is 0 Å². The van der Waals surface area contributed by atoms with Crippen LogP contribution in [0.3, 0.4) is 0 Å². The van der Waals surface area contributed by atoms with Gasteiger partial charge in [-0.25, -0.2) is 0 Å². The molecule has 0 aromatic heterocycles. The van der Waals surface area contributed by atoms with E-state index >= 15 is 0 Å². The van der Waals surface area contributed by atoms with Crippen LogP contribution in [0.1, 0.15) is 81.0 Å². The van der Waals surface area contributed by atoms with Crippen molar-refractivity contribution in [2.24, 2.45) is 0 Å². The SMILES string of the molecule is C=C(C)c1ccc(C(=C)/C(C)=C\C=C/C)cc1.Cc1ccc(C2CCCCC2)cc1. The first-order chi connectivity index (χ1) is 14.4. The quantitative estimate of drug-likeness (QED) is 0.440. The van der Waals surface area contributed by atoms with E-state index in [-0.39, 0.29) is 0 Å². The minimum atomic E-state index is 0.856. The van der Waals surface area contributed by atoms with Gasteiger partial charge >= 0.3 is 0 Å².